The molecule has 1 aromatic carbocycles. The van der Waals surface area contributed by atoms with Crippen LogP contribution in [0, 0.1) is 5.82 Å². The number of aromatic carboxylic acids is 1. The predicted octanol–water partition coefficient (Wildman–Crippen LogP) is 2.18. The van der Waals surface area contributed by atoms with Crippen molar-refractivity contribution in [2.45, 2.75) is 0 Å². The Kier molecular flexibility index (Phi) is 4.13. The zero-order valence-corrected chi connectivity index (χ0v) is 11.0. The Labute approximate surface area is 119 Å². The number of pyridine rings is 1. The van der Waals surface area contributed by atoms with Crippen LogP contribution in [0.5, 0.6) is 5.75 Å². The van der Waals surface area contributed by atoms with E-state index in [1.165, 1.54) is 31.5 Å². The molecule has 21 heavy (non-hydrogen) atoms. The summed E-state index contributed by atoms with van der Waals surface area (Å²) in [6.45, 7) is 0. The fraction of sp³-hybridized carbons (Fsp3) is 0.0714. The van der Waals surface area contributed by atoms with Crippen LogP contribution in [-0.4, -0.2) is 29.1 Å². The molecule has 0 unspecified atom stereocenters. The molecule has 0 aliphatic heterocycles. The Bertz CT molecular complexity index is 703. The van der Waals surface area contributed by atoms with Crippen LogP contribution < -0.4 is 10.1 Å². The van der Waals surface area contributed by atoms with Gasteiger partial charge in [-0.25, -0.2) is 14.2 Å². The molecule has 0 saturated heterocycles. The van der Waals surface area contributed by atoms with Gasteiger partial charge < -0.3 is 15.2 Å². The number of anilines is 1. The quantitative estimate of drug-likeness (QED) is 0.901. The number of carboxylic acids is 1. The Morgan fingerprint density at radius 3 is 2.71 bits per heavy atom. The third kappa shape index (κ3) is 3.33. The van der Waals surface area contributed by atoms with Crippen LogP contribution in [0.1, 0.15) is 20.8 Å². The number of nitrogens with one attached hydrogen (secondary N) is 1. The summed E-state index contributed by atoms with van der Waals surface area (Å²) in [7, 11) is 1.35. The average Bonchev–Trinajstić information content (AvgIpc) is 2.49. The number of hydrogen-bond donors (Lipinski definition) is 2. The van der Waals surface area contributed by atoms with Crippen molar-refractivity contribution in [3.05, 3.63) is 53.6 Å². The molecule has 1 aromatic heterocycles. The molecule has 6 nitrogen and oxygen atoms in total. The first-order valence-corrected chi connectivity index (χ1v) is 5.85. The minimum atomic E-state index is -1.23. The van der Waals surface area contributed by atoms with Gasteiger partial charge in [0.1, 0.15) is 17.3 Å². The van der Waals surface area contributed by atoms with Gasteiger partial charge in [0.15, 0.2) is 0 Å². The first-order valence-electron chi connectivity index (χ1n) is 5.85. The predicted molar refractivity (Wildman–Crippen MR) is 72.1 cm³/mol. The lowest BCUT2D eigenvalue weighted by molar-refractivity contribution is 0.0690. The summed E-state index contributed by atoms with van der Waals surface area (Å²) in [6, 6.07) is 6.18. The molecule has 7 heteroatoms. The maximum Gasteiger partial charge on any atom is 0.354 e. The lowest BCUT2D eigenvalue weighted by Crippen LogP contribution is -2.14. The fourth-order valence-corrected chi connectivity index (χ4v) is 1.65. The van der Waals surface area contributed by atoms with Crippen LogP contribution in [0.2, 0.25) is 0 Å². The second-order valence-electron chi connectivity index (χ2n) is 4.03. The van der Waals surface area contributed by atoms with Gasteiger partial charge in [-0.2, -0.15) is 0 Å². The van der Waals surface area contributed by atoms with E-state index in [-0.39, 0.29) is 22.7 Å². The van der Waals surface area contributed by atoms with Gasteiger partial charge in [-0.05, 0) is 24.3 Å². The van der Waals surface area contributed by atoms with Crippen molar-refractivity contribution in [3.8, 4) is 5.75 Å². The van der Waals surface area contributed by atoms with Crippen molar-refractivity contribution in [3.63, 3.8) is 0 Å². The maximum absolute atomic E-state index is 13.1. The van der Waals surface area contributed by atoms with Crippen molar-refractivity contribution in [2.24, 2.45) is 0 Å². The van der Waals surface area contributed by atoms with Crippen molar-refractivity contribution in [1.82, 2.24) is 4.98 Å². The van der Waals surface area contributed by atoms with Crippen LogP contribution >= 0.6 is 0 Å². The second kappa shape index (κ2) is 6.00. The van der Waals surface area contributed by atoms with E-state index in [4.69, 9.17) is 9.84 Å². The van der Waals surface area contributed by atoms with Crippen molar-refractivity contribution in [1.29, 1.82) is 0 Å². The van der Waals surface area contributed by atoms with E-state index in [1.54, 1.807) is 0 Å². The van der Waals surface area contributed by atoms with Crippen molar-refractivity contribution < 1.29 is 23.8 Å². The Hall–Kier alpha value is -2.96. The van der Waals surface area contributed by atoms with Gasteiger partial charge in [-0.1, -0.05) is 0 Å². The third-order valence-corrected chi connectivity index (χ3v) is 2.65. The van der Waals surface area contributed by atoms with Gasteiger partial charge in [0.2, 0.25) is 0 Å². The summed E-state index contributed by atoms with van der Waals surface area (Å²) in [5, 5.41) is 11.4. The van der Waals surface area contributed by atoms with E-state index in [0.717, 1.165) is 12.1 Å². The van der Waals surface area contributed by atoms with Gasteiger partial charge in [0, 0.05) is 17.8 Å². The highest BCUT2D eigenvalue weighted by atomic mass is 19.1. The molecule has 0 saturated carbocycles. The number of halogens is 1. The first-order chi connectivity index (χ1) is 10.0. The standard InChI is InChI=1S/C14H11FN2O4/c1-21-12-7-9(15)2-3-10(12)17-13(18)8-4-5-16-11(6-8)14(19)20/h2-7H,1H3,(H,17,18)(H,19,20). The van der Waals surface area contributed by atoms with Crippen LogP contribution in [0.25, 0.3) is 0 Å². The maximum atomic E-state index is 13.1. The zero-order valence-electron chi connectivity index (χ0n) is 11.0. The Balaban J connectivity index is 2.26. The lowest BCUT2D eigenvalue weighted by Gasteiger charge is -2.10. The molecule has 0 fully saturated rings. The van der Waals surface area contributed by atoms with Crippen LogP contribution in [-0.2, 0) is 0 Å². The normalized spacial score (nSPS) is 10.0. The molecule has 0 atom stereocenters. The minimum Gasteiger partial charge on any atom is -0.494 e. The summed E-state index contributed by atoms with van der Waals surface area (Å²) in [5.74, 6) is -2.12. The molecular formula is C14H11FN2O4. The molecule has 0 aliphatic carbocycles. The molecule has 0 aliphatic rings. The number of carbonyl (C=O) groups excluding carboxylic acids is 1. The van der Waals surface area contributed by atoms with E-state index in [0.29, 0.717) is 0 Å². The molecule has 1 amide bonds. The van der Waals surface area contributed by atoms with Gasteiger partial charge >= 0.3 is 5.97 Å². The molecule has 1 heterocycles. The number of rotatable bonds is 4. The molecule has 0 radical (unpaired) electrons. The molecule has 2 N–H and O–H groups in total. The van der Waals surface area contributed by atoms with Crippen LogP contribution in [0.4, 0.5) is 10.1 Å². The highest BCUT2D eigenvalue weighted by molar-refractivity contribution is 6.05. The molecule has 108 valence electrons. The number of carboxylic acid groups (broad SMARTS) is 1. The van der Waals surface area contributed by atoms with Crippen LogP contribution in [0.3, 0.4) is 0 Å². The lowest BCUT2D eigenvalue weighted by atomic mass is 10.2. The number of benzene rings is 1. The molecule has 0 spiro atoms. The number of hydrogen-bond acceptors (Lipinski definition) is 4. The van der Waals surface area contributed by atoms with Gasteiger partial charge in [0.25, 0.3) is 5.91 Å². The monoisotopic (exact) mass is 290 g/mol. The third-order valence-electron chi connectivity index (χ3n) is 2.65. The van der Waals surface area contributed by atoms with Crippen LogP contribution in [0.15, 0.2) is 36.5 Å². The highest BCUT2D eigenvalue weighted by Gasteiger charge is 2.13. The molecule has 2 aromatic rings. The smallest absolute Gasteiger partial charge is 0.354 e. The van der Waals surface area contributed by atoms with Gasteiger partial charge in [-0.3, -0.25) is 4.79 Å². The summed E-state index contributed by atoms with van der Waals surface area (Å²) < 4.78 is 18.0. The number of aromatic nitrogens is 1. The number of ether oxygens (including phenoxy) is 1. The largest absolute Gasteiger partial charge is 0.494 e. The van der Waals surface area contributed by atoms with E-state index in [9.17, 15) is 14.0 Å². The van der Waals surface area contributed by atoms with E-state index in [2.05, 4.69) is 10.3 Å². The molecule has 2 rings (SSSR count). The Morgan fingerprint density at radius 1 is 1.29 bits per heavy atom. The minimum absolute atomic E-state index is 0.119. The van der Waals surface area contributed by atoms with E-state index >= 15 is 0 Å². The van der Waals surface area contributed by atoms with Crippen molar-refractivity contribution in [2.75, 3.05) is 12.4 Å². The zero-order chi connectivity index (χ0) is 15.4. The highest BCUT2D eigenvalue weighted by Crippen LogP contribution is 2.25. The van der Waals surface area contributed by atoms with Crippen molar-refractivity contribution >= 4 is 17.6 Å². The molecule has 0 bridgehead atoms. The summed E-state index contributed by atoms with van der Waals surface area (Å²) in [6.07, 6.45) is 1.22. The average molecular weight is 290 g/mol. The second-order valence-corrected chi connectivity index (χ2v) is 4.03. The number of carbonyl (C=O) groups is 2. The number of nitrogens with zero attached hydrogens (tertiary/aromatic N) is 1. The molecular weight excluding hydrogens is 279 g/mol. The van der Waals surface area contributed by atoms with Gasteiger partial charge in [-0.15, -0.1) is 0 Å². The summed E-state index contributed by atoms with van der Waals surface area (Å²) in [4.78, 5) is 26.5. The van der Waals surface area contributed by atoms with Gasteiger partial charge in [0.05, 0.1) is 12.8 Å². The summed E-state index contributed by atoms with van der Waals surface area (Å²) >= 11 is 0. The van der Waals surface area contributed by atoms with E-state index < -0.39 is 17.7 Å². The summed E-state index contributed by atoms with van der Waals surface area (Å²) in [5.41, 5.74) is 0.153. The SMILES string of the molecule is COc1cc(F)ccc1NC(=O)c1ccnc(C(=O)O)c1. The number of amides is 1. The topological polar surface area (TPSA) is 88.5 Å². The van der Waals surface area contributed by atoms with E-state index in [1.807, 2.05) is 0 Å². The Morgan fingerprint density at radius 2 is 2.05 bits per heavy atom. The fourth-order valence-electron chi connectivity index (χ4n) is 1.65. The first kappa shape index (κ1) is 14.4. The number of methoxy groups -OCH3 is 1.